The molecule has 68 valence electrons. The molecule has 0 fully saturated rings. The number of halogens is 1. The third kappa shape index (κ3) is 1.12. The Morgan fingerprint density at radius 2 is 1.93 bits per heavy atom. The lowest BCUT2D eigenvalue weighted by molar-refractivity contribution is 0.566. The Morgan fingerprint density at radius 1 is 1.07 bits per heavy atom. The van der Waals surface area contributed by atoms with Gasteiger partial charge in [-0.15, -0.1) is 0 Å². The van der Waals surface area contributed by atoms with Crippen LogP contribution in [0.3, 0.4) is 0 Å². The van der Waals surface area contributed by atoms with Gasteiger partial charge in [0.05, 0.1) is 0 Å². The van der Waals surface area contributed by atoms with Gasteiger partial charge in [-0.3, -0.25) is 0 Å². The van der Waals surface area contributed by atoms with Crippen LogP contribution in [-0.2, 0) is 0 Å². The number of fused-ring (bicyclic) bond motifs is 3. The summed E-state index contributed by atoms with van der Waals surface area (Å²) in [6, 6.07) is 12.2. The lowest BCUT2D eigenvalue weighted by Crippen LogP contribution is -1.74. The second kappa shape index (κ2) is 2.95. The largest absolute Gasteiger partial charge is 0.432 e. The molecule has 0 saturated heterocycles. The minimum atomic E-state index is 0.689. The summed E-state index contributed by atoms with van der Waals surface area (Å²) in [5.41, 5.74) is 1.81. The van der Waals surface area contributed by atoms with Crippen molar-refractivity contribution in [3.63, 3.8) is 0 Å². The molecule has 0 aliphatic heterocycles. The second-order valence-electron chi connectivity index (χ2n) is 3.10. The van der Waals surface area contributed by atoms with E-state index in [-0.39, 0.29) is 0 Å². The first kappa shape index (κ1) is 8.23. The number of benzene rings is 2. The molecule has 0 unspecified atom stereocenters. The van der Waals surface area contributed by atoms with Crippen molar-refractivity contribution in [3.8, 4) is 0 Å². The monoisotopic (exact) mass is 295 g/mol. The van der Waals surface area contributed by atoms with E-state index in [1.807, 2.05) is 18.2 Å². The van der Waals surface area contributed by atoms with E-state index in [1.54, 1.807) is 0 Å². The molecule has 3 rings (SSSR count). The fraction of sp³-hybridized carbons (Fsp3) is 0. The second-order valence-corrected chi connectivity index (χ2v) is 4.02. The zero-order chi connectivity index (χ0) is 9.54. The van der Waals surface area contributed by atoms with Crippen LogP contribution < -0.4 is 0 Å². The van der Waals surface area contributed by atoms with E-state index < -0.39 is 0 Å². The number of nitrogens with zero attached hydrogens (tertiary/aromatic N) is 1. The van der Waals surface area contributed by atoms with Crippen LogP contribution in [0.2, 0.25) is 0 Å². The van der Waals surface area contributed by atoms with Gasteiger partial charge in [0.2, 0.25) is 0 Å². The Kier molecular flexibility index (Phi) is 1.73. The highest BCUT2D eigenvalue weighted by molar-refractivity contribution is 14.1. The van der Waals surface area contributed by atoms with Crippen LogP contribution in [0.15, 0.2) is 40.8 Å². The lowest BCUT2D eigenvalue weighted by Gasteiger charge is -1.95. The molecular formula is C11H6INO. The predicted molar refractivity (Wildman–Crippen MR) is 64.2 cm³/mol. The molecule has 2 aromatic carbocycles. The lowest BCUT2D eigenvalue weighted by atomic mass is 10.1. The molecule has 3 aromatic rings. The molecule has 0 aliphatic rings. The van der Waals surface area contributed by atoms with Crippen molar-refractivity contribution in [1.29, 1.82) is 0 Å². The standard InChI is InChI=1S/C11H6INO/c12-11-13-10-8-4-2-1-3-7(8)5-6-9(10)14-11/h1-6H. The predicted octanol–water partition coefficient (Wildman–Crippen LogP) is 3.59. The maximum Gasteiger partial charge on any atom is 0.258 e. The zero-order valence-corrected chi connectivity index (χ0v) is 9.36. The molecule has 0 amide bonds. The van der Waals surface area contributed by atoms with Crippen LogP contribution in [0.25, 0.3) is 21.9 Å². The van der Waals surface area contributed by atoms with Crippen LogP contribution in [0.4, 0.5) is 0 Å². The fourth-order valence-corrected chi connectivity index (χ4v) is 2.11. The zero-order valence-electron chi connectivity index (χ0n) is 7.20. The quantitative estimate of drug-likeness (QED) is 0.592. The van der Waals surface area contributed by atoms with E-state index in [2.05, 4.69) is 45.8 Å². The number of hydrogen-bond donors (Lipinski definition) is 0. The highest BCUT2D eigenvalue weighted by Gasteiger charge is 2.05. The van der Waals surface area contributed by atoms with Gasteiger partial charge >= 0.3 is 0 Å². The van der Waals surface area contributed by atoms with Gasteiger partial charge in [-0.1, -0.05) is 30.3 Å². The Hall–Kier alpha value is -1.10. The maximum absolute atomic E-state index is 5.45. The topological polar surface area (TPSA) is 26.0 Å². The number of rotatable bonds is 0. The minimum Gasteiger partial charge on any atom is -0.432 e. The molecule has 1 heterocycles. The van der Waals surface area contributed by atoms with E-state index in [9.17, 15) is 0 Å². The average molecular weight is 295 g/mol. The number of hydrogen-bond acceptors (Lipinski definition) is 2. The van der Waals surface area contributed by atoms with Gasteiger partial charge < -0.3 is 4.42 Å². The summed E-state index contributed by atoms with van der Waals surface area (Å²) in [4.78, 5) is 4.36. The van der Waals surface area contributed by atoms with Gasteiger partial charge in [0.15, 0.2) is 5.58 Å². The molecule has 3 heteroatoms. The fourth-order valence-electron chi connectivity index (χ4n) is 1.63. The maximum atomic E-state index is 5.45. The van der Waals surface area contributed by atoms with Crippen LogP contribution in [0.1, 0.15) is 0 Å². The first-order chi connectivity index (χ1) is 6.84. The van der Waals surface area contributed by atoms with E-state index >= 15 is 0 Å². The molecule has 0 radical (unpaired) electrons. The third-order valence-electron chi connectivity index (χ3n) is 2.26. The summed E-state index contributed by atoms with van der Waals surface area (Å²) in [6.07, 6.45) is 0. The van der Waals surface area contributed by atoms with Crippen LogP contribution >= 0.6 is 22.6 Å². The van der Waals surface area contributed by atoms with Crippen molar-refractivity contribution in [2.45, 2.75) is 0 Å². The van der Waals surface area contributed by atoms with Crippen LogP contribution in [-0.4, -0.2) is 4.98 Å². The molecule has 0 bridgehead atoms. The minimum absolute atomic E-state index is 0.689. The highest BCUT2D eigenvalue weighted by atomic mass is 127. The Balaban J connectivity index is 2.60. The first-order valence-corrected chi connectivity index (χ1v) is 5.36. The van der Waals surface area contributed by atoms with Crippen molar-refractivity contribution in [2.24, 2.45) is 0 Å². The highest BCUT2D eigenvalue weighted by Crippen LogP contribution is 2.25. The molecule has 2 nitrogen and oxygen atoms in total. The molecule has 0 spiro atoms. The van der Waals surface area contributed by atoms with E-state index in [0.29, 0.717) is 3.90 Å². The van der Waals surface area contributed by atoms with Crippen molar-refractivity contribution in [2.75, 3.05) is 0 Å². The summed E-state index contributed by atoms with van der Waals surface area (Å²) in [5.74, 6) is 0. The van der Waals surface area contributed by atoms with Gasteiger partial charge in [0, 0.05) is 28.0 Å². The summed E-state index contributed by atoms with van der Waals surface area (Å²) in [6.45, 7) is 0. The SMILES string of the molecule is Ic1nc2c(ccc3ccccc32)o1. The van der Waals surface area contributed by atoms with Gasteiger partial charge in [-0.2, -0.15) is 0 Å². The van der Waals surface area contributed by atoms with Crippen LogP contribution in [0, 0.1) is 3.90 Å². The summed E-state index contributed by atoms with van der Waals surface area (Å²) in [5, 5.41) is 2.35. The Labute approximate surface area is 94.1 Å². The van der Waals surface area contributed by atoms with Crippen LogP contribution in [0.5, 0.6) is 0 Å². The molecule has 14 heavy (non-hydrogen) atoms. The Morgan fingerprint density at radius 3 is 2.86 bits per heavy atom. The van der Waals surface area contributed by atoms with Gasteiger partial charge in [0.25, 0.3) is 3.90 Å². The average Bonchev–Trinajstić information content (AvgIpc) is 2.59. The van der Waals surface area contributed by atoms with Crippen molar-refractivity contribution in [1.82, 2.24) is 4.98 Å². The summed E-state index contributed by atoms with van der Waals surface area (Å²) >= 11 is 2.09. The van der Waals surface area contributed by atoms with Crippen molar-refractivity contribution < 1.29 is 4.42 Å². The first-order valence-electron chi connectivity index (χ1n) is 4.28. The summed E-state index contributed by atoms with van der Waals surface area (Å²) in [7, 11) is 0. The Bertz CT molecular complexity index is 615. The molecule has 1 aromatic heterocycles. The van der Waals surface area contributed by atoms with Crippen molar-refractivity contribution >= 4 is 44.5 Å². The van der Waals surface area contributed by atoms with E-state index in [4.69, 9.17) is 4.42 Å². The van der Waals surface area contributed by atoms with Gasteiger partial charge in [-0.25, -0.2) is 4.98 Å². The van der Waals surface area contributed by atoms with E-state index in [0.717, 1.165) is 16.5 Å². The molecule has 0 atom stereocenters. The van der Waals surface area contributed by atoms with Gasteiger partial charge in [-0.05, 0) is 11.5 Å². The molecule has 0 aliphatic carbocycles. The normalized spacial score (nSPS) is 11.2. The number of aromatic nitrogens is 1. The van der Waals surface area contributed by atoms with E-state index in [1.165, 1.54) is 5.39 Å². The summed E-state index contributed by atoms with van der Waals surface area (Å²) < 4.78 is 6.14. The third-order valence-corrected chi connectivity index (χ3v) is 2.72. The van der Waals surface area contributed by atoms with Gasteiger partial charge in [0.1, 0.15) is 5.52 Å². The molecule has 0 saturated carbocycles. The number of oxazole rings is 1. The van der Waals surface area contributed by atoms with Crippen molar-refractivity contribution in [3.05, 3.63) is 40.3 Å². The smallest absolute Gasteiger partial charge is 0.258 e. The molecular weight excluding hydrogens is 289 g/mol. The molecule has 0 N–H and O–H groups in total.